The SMILES string of the molecule is CC(CCNc1c(Cl)cc(N)cc1Cl)S(C)=O. The van der Waals surface area contributed by atoms with E-state index in [1.807, 2.05) is 6.92 Å². The van der Waals surface area contributed by atoms with Gasteiger partial charge in [-0.3, -0.25) is 4.21 Å². The smallest absolute Gasteiger partial charge is 0.0720 e. The van der Waals surface area contributed by atoms with Gasteiger partial charge >= 0.3 is 0 Å². The van der Waals surface area contributed by atoms with Crippen molar-refractivity contribution in [2.45, 2.75) is 18.6 Å². The van der Waals surface area contributed by atoms with E-state index >= 15 is 0 Å². The van der Waals surface area contributed by atoms with Crippen LogP contribution in [0.1, 0.15) is 13.3 Å². The van der Waals surface area contributed by atoms with Crippen LogP contribution in [0, 0.1) is 0 Å². The number of benzene rings is 1. The minimum absolute atomic E-state index is 0.147. The van der Waals surface area contributed by atoms with Gasteiger partial charge in [-0.1, -0.05) is 30.1 Å². The van der Waals surface area contributed by atoms with Gasteiger partial charge in [0.25, 0.3) is 0 Å². The Bertz CT molecular complexity index is 403. The van der Waals surface area contributed by atoms with Crippen LogP contribution < -0.4 is 11.1 Å². The fourth-order valence-electron chi connectivity index (χ4n) is 1.33. The van der Waals surface area contributed by atoms with E-state index in [1.165, 1.54) is 0 Å². The Morgan fingerprint density at radius 1 is 1.41 bits per heavy atom. The van der Waals surface area contributed by atoms with Crippen LogP contribution in [0.5, 0.6) is 0 Å². The first-order chi connectivity index (χ1) is 7.91. The summed E-state index contributed by atoms with van der Waals surface area (Å²) in [6.07, 6.45) is 2.49. The van der Waals surface area contributed by atoms with E-state index in [9.17, 15) is 4.21 Å². The maximum absolute atomic E-state index is 11.2. The highest BCUT2D eigenvalue weighted by molar-refractivity contribution is 7.84. The number of anilines is 2. The summed E-state index contributed by atoms with van der Waals surface area (Å²) < 4.78 is 11.2. The van der Waals surface area contributed by atoms with Crippen LogP contribution in [-0.4, -0.2) is 22.3 Å². The summed E-state index contributed by atoms with van der Waals surface area (Å²) in [4.78, 5) is 0. The molecule has 6 heteroatoms. The van der Waals surface area contributed by atoms with Crippen LogP contribution in [0.15, 0.2) is 12.1 Å². The summed E-state index contributed by atoms with van der Waals surface area (Å²) in [5.74, 6) is 0. The zero-order valence-electron chi connectivity index (χ0n) is 9.80. The highest BCUT2D eigenvalue weighted by atomic mass is 35.5. The molecular formula is C11H16Cl2N2OS. The monoisotopic (exact) mass is 294 g/mol. The molecule has 1 aromatic rings. The van der Waals surface area contributed by atoms with E-state index in [1.54, 1.807) is 18.4 Å². The van der Waals surface area contributed by atoms with E-state index in [0.717, 1.165) is 6.42 Å². The van der Waals surface area contributed by atoms with Crippen molar-refractivity contribution in [2.75, 3.05) is 23.9 Å². The molecule has 3 nitrogen and oxygen atoms in total. The Hall–Kier alpha value is -0.450. The summed E-state index contributed by atoms with van der Waals surface area (Å²) in [6, 6.07) is 3.30. The Morgan fingerprint density at radius 3 is 2.41 bits per heavy atom. The molecule has 0 aliphatic heterocycles. The maximum atomic E-state index is 11.2. The number of nitrogens with one attached hydrogen (secondary N) is 1. The van der Waals surface area contributed by atoms with Gasteiger partial charge in [0.15, 0.2) is 0 Å². The molecule has 1 rings (SSSR count). The van der Waals surface area contributed by atoms with Crippen molar-refractivity contribution >= 4 is 45.4 Å². The normalized spacial score (nSPS) is 14.4. The van der Waals surface area contributed by atoms with Crippen molar-refractivity contribution in [3.05, 3.63) is 22.2 Å². The van der Waals surface area contributed by atoms with Crippen molar-refractivity contribution < 1.29 is 4.21 Å². The molecule has 0 saturated heterocycles. The number of hydrogen-bond acceptors (Lipinski definition) is 3. The van der Waals surface area contributed by atoms with Gasteiger partial charge in [-0.25, -0.2) is 0 Å². The molecule has 0 aliphatic rings. The van der Waals surface area contributed by atoms with Gasteiger partial charge < -0.3 is 11.1 Å². The van der Waals surface area contributed by atoms with Crippen molar-refractivity contribution in [2.24, 2.45) is 0 Å². The average molecular weight is 295 g/mol. The largest absolute Gasteiger partial charge is 0.399 e. The van der Waals surface area contributed by atoms with E-state index in [-0.39, 0.29) is 5.25 Å². The molecule has 1 aromatic carbocycles. The number of nitrogen functional groups attached to an aromatic ring is 1. The molecule has 0 fully saturated rings. The Balaban J connectivity index is 2.61. The van der Waals surface area contributed by atoms with Crippen LogP contribution >= 0.6 is 23.2 Å². The number of hydrogen-bond donors (Lipinski definition) is 2. The van der Waals surface area contributed by atoms with Gasteiger partial charge in [-0.2, -0.15) is 0 Å². The third kappa shape index (κ3) is 4.37. The summed E-state index contributed by atoms with van der Waals surface area (Å²) in [7, 11) is -0.809. The first kappa shape index (κ1) is 14.6. The average Bonchev–Trinajstić information content (AvgIpc) is 2.21. The summed E-state index contributed by atoms with van der Waals surface area (Å²) in [6.45, 7) is 2.62. The second-order valence-corrected chi connectivity index (χ2v) is 6.50. The fraction of sp³-hybridized carbons (Fsp3) is 0.455. The van der Waals surface area contributed by atoms with Gasteiger partial charge in [-0.15, -0.1) is 0 Å². The molecule has 0 aromatic heterocycles. The predicted octanol–water partition coefficient (Wildman–Crippen LogP) is 3.14. The summed E-state index contributed by atoms with van der Waals surface area (Å²) >= 11 is 12.1. The minimum atomic E-state index is -0.809. The lowest BCUT2D eigenvalue weighted by molar-refractivity contribution is 0.672. The van der Waals surface area contributed by atoms with Crippen LogP contribution in [0.2, 0.25) is 10.0 Å². The van der Waals surface area contributed by atoms with E-state index < -0.39 is 10.8 Å². The summed E-state index contributed by atoms with van der Waals surface area (Å²) in [5.41, 5.74) is 6.82. The molecule has 0 amide bonds. The topological polar surface area (TPSA) is 55.1 Å². The molecule has 0 saturated carbocycles. The van der Waals surface area contributed by atoms with Crippen molar-refractivity contribution in [1.82, 2.24) is 0 Å². The molecule has 2 atom stereocenters. The molecule has 0 radical (unpaired) electrons. The van der Waals surface area contributed by atoms with Gasteiger partial charge in [-0.05, 0) is 18.6 Å². The van der Waals surface area contributed by atoms with Gasteiger partial charge in [0, 0.05) is 34.5 Å². The van der Waals surface area contributed by atoms with Crippen molar-refractivity contribution in [1.29, 1.82) is 0 Å². The van der Waals surface area contributed by atoms with E-state index in [2.05, 4.69) is 5.32 Å². The van der Waals surface area contributed by atoms with Gasteiger partial charge in [0.2, 0.25) is 0 Å². The molecular weight excluding hydrogens is 279 g/mol. The second kappa shape index (κ2) is 6.47. The quantitative estimate of drug-likeness (QED) is 0.820. The fourth-order valence-corrected chi connectivity index (χ4v) is 2.42. The second-order valence-electron chi connectivity index (χ2n) is 3.88. The van der Waals surface area contributed by atoms with Crippen molar-refractivity contribution in [3.63, 3.8) is 0 Å². The molecule has 0 heterocycles. The third-order valence-electron chi connectivity index (χ3n) is 2.48. The molecule has 0 bridgehead atoms. The summed E-state index contributed by atoms with van der Waals surface area (Å²) in [5, 5.41) is 4.29. The van der Waals surface area contributed by atoms with Crippen LogP contribution in [0.3, 0.4) is 0 Å². The molecule has 96 valence electrons. The first-order valence-electron chi connectivity index (χ1n) is 5.22. The molecule has 17 heavy (non-hydrogen) atoms. The lowest BCUT2D eigenvalue weighted by Gasteiger charge is -2.13. The lowest BCUT2D eigenvalue weighted by Crippen LogP contribution is -2.15. The van der Waals surface area contributed by atoms with E-state index in [4.69, 9.17) is 28.9 Å². The predicted molar refractivity (Wildman–Crippen MR) is 77.5 cm³/mol. The van der Waals surface area contributed by atoms with Crippen LogP contribution in [0.4, 0.5) is 11.4 Å². The van der Waals surface area contributed by atoms with E-state index in [0.29, 0.717) is 28.0 Å². The Kier molecular flexibility index (Phi) is 5.56. The maximum Gasteiger partial charge on any atom is 0.0720 e. The number of nitrogens with two attached hydrogens (primary N) is 1. The zero-order valence-corrected chi connectivity index (χ0v) is 12.1. The highest BCUT2D eigenvalue weighted by Crippen LogP contribution is 2.32. The Labute approximate surface area is 114 Å². The zero-order chi connectivity index (χ0) is 13.0. The number of halogens is 2. The minimum Gasteiger partial charge on any atom is -0.399 e. The first-order valence-corrected chi connectivity index (χ1v) is 7.60. The highest BCUT2D eigenvalue weighted by Gasteiger charge is 2.09. The van der Waals surface area contributed by atoms with Gasteiger partial charge in [0.05, 0.1) is 15.7 Å². The van der Waals surface area contributed by atoms with Crippen LogP contribution in [-0.2, 0) is 10.8 Å². The molecule has 3 N–H and O–H groups in total. The van der Waals surface area contributed by atoms with Crippen LogP contribution in [0.25, 0.3) is 0 Å². The Morgan fingerprint density at radius 2 is 1.94 bits per heavy atom. The lowest BCUT2D eigenvalue weighted by atomic mass is 10.2. The van der Waals surface area contributed by atoms with Crippen molar-refractivity contribution in [3.8, 4) is 0 Å². The molecule has 2 unspecified atom stereocenters. The van der Waals surface area contributed by atoms with Gasteiger partial charge in [0.1, 0.15) is 0 Å². The molecule has 0 aliphatic carbocycles. The number of rotatable bonds is 5. The third-order valence-corrected chi connectivity index (χ3v) is 4.45. The standard InChI is InChI=1S/C11H16Cl2N2OS/c1-7(17(2)16)3-4-15-11-9(12)5-8(14)6-10(11)13/h5-7,15H,3-4,14H2,1-2H3. The molecule has 0 spiro atoms.